The molecule has 2 aromatic heterocycles. The number of urea groups is 1. The third kappa shape index (κ3) is 4.07. The van der Waals surface area contributed by atoms with E-state index >= 15 is 0 Å². The second-order valence-electron chi connectivity index (χ2n) is 6.62. The molecule has 8 heteroatoms. The fourth-order valence-electron chi connectivity index (χ4n) is 3.07. The Morgan fingerprint density at radius 3 is 2.57 bits per heavy atom. The maximum atomic E-state index is 12.9. The quantitative estimate of drug-likeness (QED) is 0.534. The third-order valence-corrected chi connectivity index (χ3v) is 4.39. The van der Waals surface area contributed by atoms with Gasteiger partial charge in [0.2, 0.25) is 0 Å². The lowest BCUT2D eigenvalue weighted by atomic mass is 10.1. The predicted molar refractivity (Wildman–Crippen MR) is 114 cm³/mol. The molecule has 0 radical (unpaired) electrons. The van der Waals surface area contributed by atoms with Gasteiger partial charge >= 0.3 is 6.03 Å². The first-order chi connectivity index (χ1) is 14.5. The van der Waals surface area contributed by atoms with Crippen LogP contribution in [-0.2, 0) is 7.05 Å². The lowest BCUT2D eigenvalue weighted by Crippen LogP contribution is -2.20. The van der Waals surface area contributed by atoms with Crippen molar-refractivity contribution in [2.24, 2.45) is 12.8 Å². The number of anilines is 1. The van der Waals surface area contributed by atoms with Crippen molar-refractivity contribution < 1.29 is 9.53 Å². The van der Waals surface area contributed by atoms with Crippen molar-refractivity contribution in [2.45, 2.75) is 0 Å². The SMILES string of the molecule is Cn1cc(-c2cn(-c3cccc(NC(N)=O)c3)c(=O)cc2Oc2ccccc2)cn1. The topological polar surface area (TPSA) is 104 Å². The summed E-state index contributed by atoms with van der Waals surface area (Å²) in [7, 11) is 1.82. The van der Waals surface area contributed by atoms with E-state index < -0.39 is 6.03 Å². The molecule has 30 heavy (non-hydrogen) atoms. The molecule has 4 aromatic rings. The molecule has 0 atom stereocenters. The largest absolute Gasteiger partial charge is 0.456 e. The molecular weight excluding hydrogens is 382 g/mol. The summed E-state index contributed by atoms with van der Waals surface area (Å²) in [5.74, 6) is 1.04. The summed E-state index contributed by atoms with van der Waals surface area (Å²) in [4.78, 5) is 24.1. The maximum Gasteiger partial charge on any atom is 0.316 e. The zero-order chi connectivity index (χ0) is 21.1. The number of nitrogens with two attached hydrogens (primary N) is 1. The standard InChI is InChI=1S/C22H19N5O3/c1-26-13-15(12-24-26)19-14-27(17-7-5-6-16(10-17)25-22(23)29)21(28)11-20(19)30-18-8-3-2-4-9-18/h2-14H,1H3,(H3,23,25,29). The highest BCUT2D eigenvalue weighted by atomic mass is 16.5. The highest BCUT2D eigenvalue weighted by Gasteiger charge is 2.14. The van der Waals surface area contributed by atoms with Gasteiger partial charge in [0.05, 0.1) is 11.9 Å². The number of ether oxygens (including phenoxy) is 1. The molecule has 0 unspecified atom stereocenters. The number of amides is 2. The second-order valence-corrected chi connectivity index (χ2v) is 6.62. The Kier molecular flexibility index (Phi) is 5.04. The first-order valence-electron chi connectivity index (χ1n) is 9.15. The van der Waals surface area contributed by atoms with Gasteiger partial charge in [-0.3, -0.25) is 14.0 Å². The number of rotatable bonds is 5. The van der Waals surface area contributed by atoms with Crippen molar-refractivity contribution in [2.75, 3.05) is 5.32 Å². The Hall–Kier alpha value is -4.33. The van der Waals surface area contributed by atoms with Crippen LogP contribution in [0.1, 0.15) is 0 Å². The number of nitrogens with zero attached hydrogens (tertiary/aromatic N) is 3. The molecule has 8 nitrogen and oxygen atoms in total. The molecule has 0 spiro atoms. The molecule has 0 bridgehead atoms. The lowest BCUT2D eigenvalue weighted by Gasteiger charge is -2.14. The molecule has 4 rings (SSSR count). The monoisotopic (exact) mass is 401 g/mol. The van der Waals surface area contributed by atoms with Gasteiger partial charge in [0.15, 0.2) is 0 Å². The summed E-state index contributed by atoms with van der Waals surface area (Å²) in [5.41, 5.74) is 7.45. The number of carbonyl (C=O) groups is 1. The van der Waals surface area contributed by atoms with Crippen LogP contribution in [0.25, 0.3) is 16.8 Å². The summed E-state index contributed by atoms with van der Waals surface area (Å²) in [6.07, 6.45) is 5.24. The Bertz CT molecular complexity index is 1260. The number of nitrogens with one attached hydrogen (secondary N) is 1. The van der Waals surface area contributed by atoms with Crippen LogP contribution < -0.4 is 21.3 Å². The van der Waals surface area contributed by atoms with Crippen LogP contribution in [0, 0.1) is 0 Å². The van der Waals surface area contributed by atoms with E-state index in [2.05, 4.69) is 10.4 Å². The van der Waals surface area contributed by atoms with Gasteiger partial charge in [0.25, 0.3) is 5.56 Å². The van der Waals surface area contributed by atoms with Crippen molar-refractivity contribution in [1.82, 2.24) is 14.3 Å². The van der Waals surface area contributed by atoms with E-state index in [1.807, 2.05) is 43.6 Å². The Morgan fingerprint density at radius 1 is 1.07 bits per heavy atom. The van der Waals surface area contributed by atoms with Crippen LogP contribution in [0.5, 0.6) is 11.5 Å². The minimum absolute atomic E-state index is 0.287. The van der Waals surface area contributed by atoms with Crippen molar-refractivity contribution in [3.8, 4) is 28.3 Å². The summed E-state index contributed by atoms with van der Waals surface area (Å²) in [5, 5.41) is 6.74. The minimum Gasteiger partial charge on any atom is -0.456 e. The molecule has 0 saturated heterocycles. The summed E-state index contributed by atoms with van der Waals surface area (Å²) >= 11 is 0. The summed E-state index contributed by atoms with van der Waals surface area (Å²) in [6, 6.07) is 16.8. The van der Waals surface area contributed by atoms with Crippen LogP contribution in [0.3, 0.4) is 0 Å². The minimum atomic E-state index is -0.679. The van der Waals surface area contributed by atoms with Crippen molar-refractivity contribution >= 4 is 11.7 Å². The molecule has 0 aliphatic carbocycles. The maximum absolute atomic E-state index is 12.9. The number of carbonyl (C=O) groups excluding carboxylic acids is 1. The summed E-state index contributed by atoms with van der Waals surface area (Å²) < 4.78 is 9.15. The van der Waals surface area contributed by atoms with E-state index in [0.717, 1.165) is 5.56 Å². The Morgan fingerprint density at radius 2 is 1.87 bits per heavy atom. The molecular formula is C22H19N5O3. The zero-order valence-electron chi connectivity index (χ0n) is 16.1. The number of hydrogen-bond acceptors (Lipinski definition) is 4. The molecule has 0 saturated carbocycles. The van der Waals surface area contributed by atoms with E-state index in [1.165, 1.54) is 10.6 Å². The van der Waals surface area contributed by atoms with E-state index in [0.29, 0.717) is 28.4 Å². The highest BCUT2D eigenvalue weighted by molar-refractivity contribution is 5.88. The zero-order valence-corrected chi connectivity index (χ0v) is 16.1. The van der Waals surface area contributed by atoms with Crippen LogP contribution in [0.4, 0.5) is 10.5 Å². The fourth-order valence-corrected chi connectivity index (χ4v) is 3.07. The number of hydrogen-bond donors (Lipinski definition) is 2. The molecule has 0 aliphatic rings. The van der Waals surface area contributed by atoms with Crippen LogP contribution in [0.2, 0.25) is 0 Å². The second kappa shape index (κ2) is 7.96. The van der Waals surface area contributed by atoms with Gasteiger partial charge < -0.3 is 15.8 Å². The first-order valence-corrected chi connectivity index (χ1v) is 9.15. The van der Waals surface area contributed by atoms with Gasteiger partial charge in [-0.1, -0.05) is 24.3 Å². The Labute approximate surface area is 172 Å². The van der Waals surface area contributed by atoms with E-state index in [4.69, 9.17) is 10.5 Å². The molecule has 0 fully saturated rings. The predicted octanol–water partition coefficient (Wildman–Crippen LogP) is 3.52. The van der Waals surface area contributed by atoms with Crippen molar-refractivity contribution in [1.29, 1.82) is 0 Å². The fraction of sp³-hybridized carbons (Fsp3) is 0.0455. The number of aryl methyl sites for hydroxylation is 1. The molecule has 0 aliphatic heterocycles. The number of benzene rings is 2. The lowest BCUT2D eigenvalue weighted by molar-refractivity contribution is 0.259. The van der Waals surface area contributed by atoms with Gasteiger partial charge in [0, 0.05) is 42.3 Å². The molecule has 2 amide bonds. The smallest absolute Gasteiger partial charge is 0.316 e. The molecule has 2 heterocycles. The van der Waals surface area contributed by atoms with E-state index in [-0.39, 0.29) is 5.56 Å². The van der Waals surface area contributed by atoms with Crippen molar-refractivity contribution in [3.63, 3.8) is 0 Å². The number of para-hydroxylation sites is 1. The van der Waals surface area contributed by atoms with Crippen LogP contribution in [0.15, 0.2) is 84.0 Å². The van der Waals surface area contributed by atoms with Crippen molar-refractivity contribution in [3.05, 3.63) is 89.6 Å². The average molecular weight is 401 g/mol. The molecule has 150 valence electrons. The van der Waals surface area contributed by atoms with Crippen LogP contribution >= 0.6 is 0 Å². The van der Waals surface area contributed by atoms with E-state index in [1.54, 1.807) is 41.3 Å². The number of pyridine rings is 1. The summed E-state index contributed by atoms with van der Waals surface area (Å²) in [6.45, 7) is 0. The Balaban J connectivity index is 1.83. The molecule has 2 aromatic carbocycles. The number of primary amides is 1. The normalized spacial score (nSPS) is 10.6. The first kappa shape index (κ1) is 19.0. The highest BCUT2D eigenvalue weighted by Crippen LogP contribution is 2.32. The third-order valence-electron chi connectivity index (χ3n) is 4.39. The van der Waals surface area contributed by atoms with Gasteiger partial charge in [-0.05, 0) is 30.3 Å². The van der Waals surface area contributed by atoms with Gasteiger partial charge in [-0.2, -0.15) is 5.10 Å². The number of aromatic nitrogens is 3. The van der Waals surface area contributed by atoms with Gasteiger partial charge in [0.1, 0.15) is 11.5 Å². The van der Waals surface area contributed by atoms with Gasteiger partial charge in [-0.25, -0.2) is 4.79 Å². The van der Waals surface area contributed by atoms with Gasteiger partial charge in [-0.15, -0.1) is 0 Å². The van der Waals surface area contributed by atoms with Crippen LogP contribution in [-0.4, -0.2) is 20.4 Å². The van der Waals surface area contributed by atoms with E-state index in [9.17, 15) is 9.59 Å². The average Bonchev–Trinajstić information content (AvgIpc) is 3.15. The molecule has 3 N–H and O–H groups in total.